The van der Waals surface area contributed by atoms with Crippen molar-refractivity contribution in [2.75, 3.05) is 11.9 Å². The summed E-state index contributed by atoms with van der Waals surface area (Å²) in [6.07, 6.45) is 0.872. The average molecular weight is 248 g/mol. The number of hydrazine groups is 1. The average Bonchev–Trinajstić information content (AvgIpc) is 2.76. The lowest BCUT2D eigenvalue weighted by molar-refractivity contribution is 0.0933. The summed E-state index contributed by atoms with van der Waals surface area (Å²) in [4.78, 5) is 12.2. The van der Waals surface area contributed by atoms with Crippen molar-refractivity contribution in [3.63, 3.8) is 0 Å². The summed E-state index contributed by atoms with van der Waals surface area (Å²) in [7, 11) is 0. The van der Waals surface area contributed by atoms with Crippen LogP contribution in [0.2, 0.25) is 0 Å². The zero-order valence-electron chi connectivity index (χ0n) is 10.8. The van der Waals surface area contributed by atoms with Gasteiger partial charge in [0.2, 0.25) is 0 Å². The number of benzene rings is 1. The van der Waals surface area contributed by atoms with E-state index in [1.807, 2.05) is 31.2 Å². The molecule has 0 aromatic heterocycles. The summed E-state index contributed by atoms with van der Waals surface area (Å²) in [6.45, 7) is 4.88. The lowest BCUT2D eigenvalue weighted by atomic mass is 10.1. The Morgan fingerprint density at radius 3 is 2.83 bits per heavy atom. The largest absolute Gasteiger partial charge is 0.385 e. The van der Waals surface area contributed by atoms with Gasteiger partial charge in [0, 0.05) is 18.3 Å². The van der Waals surface area contributed by atoms with Crippen LogP contribution in [0.15, 0.2) is 24.3 Å². The first-order valence-electron chi connectivity index (χ1n) is 6.35. The molecule has 1 aliphatic rings. The summed E-state index contributed by atoms with van der Waals surface area (Å²) in [6, 6.07) is 7.92. The highest BCUT2D eigenvalue weighted by atomic mass is 16.1. The SMILES string of the molecule is CCNc1ccccc1C(=O)NC1CC(C)NN1. The molecule has 0 saturated carbocycles. The predicted octanol–water partition coefficient (Wildman–Crippen LogP) is 1.06. The molecule has 1 aliphatic heterocycles. The third kappa shape index (κ3) is 3.00. The maximum absolute atomic E-state index is 12.2. The number of nitrogens with one attached hydrogen (secondary N) is 4. The minimum Gasteiger partial charge on any atom is -0.385 e. The Morgan fingerprint density at radius 2 is 2.17 bits per heavy atom. The molecule has 4 N–H and O–H groups in total. The van der Waals surface area contributed by atoms with Crippen molar-refractivity contribution >= 4 is 11.6 Å². The molecule has 0 aliphatic carbocycles. The standard InChI is InChI=1S/C13H20N4O/c1-3-14-11-7-5-4-6-10(11)13(18)15-12-8-9(2)16-17-12/h4-7,9,12,14,16-17H,3,8H2,1-2H3,(H,15,18). The molecule has 1 fully saturated rings. The summed E-state index contributed by atoms with van der Waals surface area (Å²) in [5.41, 5.74) is 7.69. The number of rotatable bonds is 4. The first-order valence-corrected chi connectivity index (χ1v) is 6.35. The molecule has 18 heavy (non-hydrogen) atoms. The van der Waals surface area contributed by atoms with Gasteiger partial charge in [0.25, 0.3) is 5.91 Å². The normalized spacial score (nSPS) is 22.8. The van der Waals surface area contributed by atoms with Crippen molar-refractivity contribution < 1.29 is 4.79 Å². The van der Waals surface area contributed by atoms with Crippen LogP contribution in [0, 0.1) is 0 Å². The topological polar surface area (TPSA) is 65.2 Å². The fourth-order valence-electron chi connectivity index (χ4n) is 2.07. The van der Waals surface area contributed by atoms with Crippen LogP contribution in [0.3, 0.4) is 0 Å². The maximum atomic E-state index is 12.2. The Morgan fingerprint density at radius 1 is 1.39 bits per heavy atom. The molecule has 0 bridgehead atoms. The van der Waals surface area contributed by atoms with E-state index < -0.39 is 0 Å². The van der Waals surface area contributed by atoms with Gasteiger partial charge in [-0.15, -0.1) is 0 Å². The van der Waals surface area contributed by atoms with E-state index in [1.54, 1.807) is 0 Å². The molecular weight excluding hydrogens is 228 g/mol. The van der Waals surface area contributed by atoms with Crippen LogP contribution in [0.1, 0.15) is 30.6 Å². The molecule has 0 radical (unpaired) electrons. The van der Waals surface area contributed by atoms with Gasteiger partial charge in [0.1, 0.15) is 0 Å². The van der Waals surface area contributed by atoms with Crippen molar-refractivity contribution in [2.24, 2.45) is 0 Å². The van der Waals surface area contributed by atoms with Gasteiger partial charge in [-0.3, -0.25) is 10.2 Å². The second-order valence-corrected chi connectivity index (χ2v) is 4.53. The number of carbonyl (C=O) groups excluding carboxylic acids is 1. The van der Waals surface area contributed by atoms with E-state index in [9.17, 15) is 4.79 Å². The third-order valence-corrected chi connectivity index (χ3v) is 2.94. The monoisotopic (exact) mass is 248 g/mol. The van der Waals surface area contributed by atoms with Crippen molar-refractivity contribution in [3.05, 3.63) is 29.8 Å². The zero-order chi connectivity index (χ0) is 13.0. The van der Waals surface area contributed by atoms with Gasteiger partial charge < -0.3 is 10.6 Å². The molecule has 0 spiro atoms. The molecule has 1 amide bonds. The van der Waals surface area contributed by atoms with Crippen LogP contribution in [0.5, 0.6) is 0 Å². The summed E-state index contributed by atoms with van der Waals surface area (Å²) < 4.78 is 0. The fourth-order valence-corrected chi connectivity index (χ4v) is 2.07. The Hall–Kier alpha value is -1.59. The van der Waals surface area contributed by atoms with Crippen LogP contribution >= 0.6 is 0 Å². The zero-order valence-corrected chi connectivity index (χ0v) is 10.8. The molecule has 1 heterocycles. The molecule has 2 atom stereocenters. The molecule has 1 saturated heterocycles. The van der Waals surface area contributed by atoms with Crippen molar-refractivity contribution in [3.8, 4) is 0 Å². The van der Waals surface area contributed by atoms with Crippen molar-refractivity contribution in [1.82, 2.24) is 16.2 Å². The number of hydrogen-bond donors (Lipinski definition) is 4. The van der Waals surface area contributed by atoms with Crippen molar-refractivity contribution in [2.45, 2.75) is 32.5 Å². The number of amides is 1. The van der Waals surface area contributed by atoms with Crippen LogP contribution in [0.25, 0.3) is 0 Å². The molecule has 98 valence electrons. The van der Waals surface area contributed by atoms with E-state index in [2.05, 4.69) is 28.4 Å². The fraction of sp³-hybridized carbons (Fsp3) is 0.462. The molecule has 1 aromatic carbocycles. The van der Waals surface area contributed by atoms with Gasteiger partial charge in [-0.25, -0.2) is 5.43 Å². The predicted molar refractivity (Wildman–Crippen MR) is 72.2 cm³/mol. The Bertz CT molecular complexity index is 421. The Labute approximate surface area is 107 Å². The van der Waals surface area contributed by atoms with Crippen molar-refractivity contribution in [1.29, 1.82) is 0 Å². The maximum Gasteiger partial charge on any atom is 0.254 e. The number of hydrogen-bond acceptors (Lipinski definition) is 4. The highest BCUT2D eigenvalue weighted by molar-refractivity contribution is 5.99. The molecule has 2 unspecified atom stereocenters. The highest BCUT2D eigenvalue weighted by Crippen LogP contribution is 2.15. The number of para-hydroxylation sites is 1. The van der Waals surface area contributed by atoms with Crippen LogP contribution < -0.4 is 21.5 Å². The van der Waals surface area contributed by atoms with E-state index in [4.69, 9.17) is 0 Å². The van der Waals surface area contributed by atoms with E-state index in [-0.39, 0.29) is 12.1 Å². The van der Waals surface area contributed by atoms with Gasteiger partial charge >= 0.3 is 0 Å². The van der Waals surface area contributed by atoms with E-state index in [0.717, 1.165) is 18.7 Å². The number of carbonyl (C=O) groups is 1. The lowest BCUT2D eigenvalue weighted by Gasteiger charge is -2.14. The Kier molecular flexibility index (Phi) is 4.17. The molecule has 5 heteroatoms. The molecule has 2 rings (SSSR count). The van der Waals surface area contributed by atoms with Gasteiger partial charge in [-0.2, -0.15) is 0 Å². The second kappa shape index (κ2) is 5.84. The molecule has 1 aromatic rings. The first kappa shape index (κ1) is 12.9. The summed E-state index contributed by atoms with van der Waals surface area (Å²) in [5, 5.41) is 6.17. The van der Waals surface area contributed by atoms with E-state index >= 15 is 0 Å². The van der Waals surface area contributed by atoms with E-state index in [0.29, 0.717) is 11.6 Å². The van der Waals surface area contributed by atoms with Crippen LogP contribution in [-0.4, -0.2) is 24.7 Å². The van der Waals surface area contributed by atoms with Crippen LogP contribution in [0.4, 0.5) is 5.69 Å². The minimum absolute atomic E-state index is 0.0119. The smallest absolute Gasteiger partial charge is 0.254 e. The summed E-state index contributed by atoms with van der Waals surface area (Å²) in [5.74, 6) is -0.0556. The molecular formula is C13H20N4O. The number of anilines is 1. The lowest BCUT2D eigenvalue weighted by Crippen LogP contribution is -2.44. The van der Waals surface area contributed by atoms with E-state index in [1.165, 1.54) is 0 Å². The minimum atomic E-state index is -0.0556. The van der Waals surface area contributed by atoms with Gasteiger partial charge in [0.15, 0.2) is 0 Å². The van der Waals surface area contributed by atoms with Gasteiger partial charge in [0.05, 0.1) is 11.7 Å². The quantitative estimate of drug-likeness (QED) is 0.643. The first-order chi connectivity index (χ1) is 8.70. The van der Waals surface area contributed by atoms with Gasteiger partial charge in [-0.1, -0.05) is 12.1 Å². The third-order valence-electron chi connectivity index (χ3n) is 2.94. The highest BCUT2D eigenvalue weighted by Gasteiger charge is 2.22. The summed E-state index contributed by atoms with van der Waals surface area (Å²) >= 11 is 0. The Balaban J connectivity index is 2.04. The molecule has 5 nitrogen and oxygen atoms in total. The second-order valence-electron chi connectivity index (χ2n) is 4.53. The van der Waals surface area contributed by atoms with Gasteiger partial charge in [-0.05, 0) is 32.4 Å². The van der Waals surface area contributed by atoms with Crippen LogP contribution in [-0.2, 0) is 0 Å².